The van der Waals surface area contributed by atoms with E-state index >= 15 is 0 Å². The summed E-state index contributed by atoms with van der Waals surface area (Å²) in [4.78, 5) is 20.8. The predicted octanol–water partition coefficient (Wildman–Crippen LogP) is 3.99. The molecule has 0 radical (unpaired) electrons. The monoisotopic (exact) mass is 345 g/mol. The molecule has 0 aliphatic rings. The number of carboxylic acids is 2. The molecule has 3 N–H and O–H groups in total. The van der Waals surface area contributed by atoms with Crippen molar-refractivity contribution in [2.45, 2.75) is 20.3 Å². The van der Waals surface area contributed by atoms with Gasteiger partial charge >= 0.3 is 11.9 Å². The molecule has 0 spiro atoms. The second-order valence-electron chi connectivity index (χ2n) is 5.09. The minimum absolute atomic E-state index is 0.0186. The molecule has 0 aromatic heterocycles. The van der Waals surface area contributed by atoms with Crippen molar-refractivity contribution in [3.05, 3.63) is 59.7 Å². The van der Waals surface area contributed by atoms with E-state index in [4.69, 9.17) is 14.9 Å². The van der Waals surface area contributed by atoms with Crippen LogP contribution in [-0.4, -0.2) is 35.3 Å². The highest BCUT2D eigenvalue weighted by atomic mass is 16.5. The number of carboxylic acid groups (broad SMARTS) is 2. The number of rotatable bonds is 7. The Kier molecular flexibility index (Phi) is 8.57. The molecule has 2 aromatic carbocycles. The molecule has 0 saturated carbocycles. The van der Waals surface area contributed by atoms with Crippen LogP contribution >= 0.6 is 0 Å². The third-order valence-corrected chi connectivity index (χ3v) is 3.06. The van der Waals surface area contributed by atoms with Gasteiger partial charge in [-0.1, -0.05) is 13.0 Å². The van der Waals surface area contributed by atoms with Crippen LogP contribution in [0.2, 0.25) is 0 Å². The first-order valence-electron chi connectivity index (χ1n) is 8.01. The Balaban J connectivity index is 0.000000251. The highest BCUT2D eigenvalue weighted by Crippen LogP contribution is 2.15. The Morgan fingerprint density at radius 1 is 0.960 bits per heavy atom. The number of hydrogen-bond acceptors (Lipinski definition) is 4. The van der Waals surface area contributed by atoms with Crippen molar-refractivity contribution < 1.29 is 24.5 Å². The Labute approximate surface area is 147 Å². The summed E-state index contributed by atoms with van der Waals surface area (Å²) in [5.41, 5.74) is 1.11. The van der Waals surface area contributed by atoms with E-state index in [0.717, 1.165) is 37.1 Å². The molecule has 0 atom stereocenters. The highest BCUT2D eigenvalue weighted by Gasteiger charge is 2.06. The Hall–Kier alpha value is -3.02. The minimum Gasteiger partial charge on any atom is -0.494 e. The van der Waals surface area contributed by atoms with Crippen LogP contribution in [0.4, 0.5) is 5.69 Å². The number of benzene rings is 2. The Morgan fingerprint density at radius 2 is 1.52 bits per heavy atom. The van der Waals surface area contributed by atoms with Crippen LogP contribution in [-0.2, 0) is 0 Å². The Morgan fingerprint density at radius 3 is 1.96 bits per heavy atom. The molecule has 0 saturated heterocycles. The van der Waals surface area contributed by atoms with Crippen molar-refractivity contribution in [2.75, 3.05) is 18.5 Å². The molecule has 25 heavy (non-hydrogen) atoms. The van der Waals surface area contributed by atoms with Crippen molar-refractivity contribution in [2.24, 2.45) is 0 Å². The molecule has 2 rings (SSSR count). The first-order chi connectivity index (χ1) is 12.0. The molecule has 6 heteroatoms. The maximum atomic E-state index is 10.4. The van der Waals surface area contributed by atoms with Gasteiger partial charge in [-0.2, -0.15) is 0 Å². The number of nitrogens with one attached hydrogen (secondary N) is 1. The molecule has 0 heterocycles. The molecule has 0 unspecified atom stereocenters. The van der Waals surface area contributed by atoms with E-state index in [1.807, 2.05) is 24.3 Å². The topological polar surface area (TPSA) is 95.9 Å². The second-order valence-corrected chi connectivity index (χ2v) is 5.09. The molecule has 134 valence electrons. The van der Waals surface area contributed by atoms with Gasteiger partial charge in [-0.3, -0.25) is 0 Å². The van der Waals surface area contributed by atoms with Crippen molar-refractivity contribution in [1.29, 1.82) is 0 Å². The van der Waals surface area contributed by atoms with E-state index in [1.165, 1.54) is 18.2 Å². The van der Waals surface area contributed by atoms with Gasteiger partial charge in [-0.05, 0) is 55.8 Å². The molecular formula is C19H23NO5. The lowest BCUT2D eigenvalue weighted by molar-refractivity contribution is 0.0696. The number of carbonyl (C=O) groups is 2. The van der Waals surface area contributed by atoms with Gasteiger partial charge in [0.15, 0.2) is 0 Å². The zero-order chi connectivity index (χ0) is 18.7. The lowest BCUT2D eigenvalue weighted by Crippen LogP contribution is -2.01. The fourth-order valence-corrected chi connectivity index (χ4v) is 1.88. The first kappa shape index (κ1) is 20.0. The van der Waals surface area contributed by atoms with Crippen LogP contribution in [0.3, 0.4) is 0 Å². The van der Waals surface area contributed by atoms with Crippen molar-refractivity contribution in [1.82, 2.24) is 0 Å². The third-order valence-electron chi connectivity index (χ3n) is 3.06. The van der Waals surface area contributed by atoms with Gasteiger partial charge < -0.3 is 20.3 Å². The lowest BCUT2D eigenvalue weighted by Gasteiger charge is -2.06. The van der Waals surface area contributed by atoms with Gasteiger partial charge in [-0.15, -0.1) is 0 Å². The standard InChI is InChI=1S/C11H17NO.C8H6O4/c1-3-9-13-11-7-5-10(6-8-11)12-4-2;9-7(10)5-2-1-3-6(4-5)8(11)12/h5-8,12H,3-4,9H2,1-2H3;1-4H,(H,9,10)(H,11,12). The molecule has 0 aliphatic carbocycles. The van der Waals surface area contributed by atoms with Crippen LogP contribution < -0.4 is 10.1 Å². The smallest absolute Gasteiger partial charge is 0.335 e. The average Bonchev–Trinajstić information content (AvgIpc) is 2.62. The van der Waals surface area contributed by atoms with Gasteiger partial charge in [-0.25, -0.2) is 9.59 Å². The van der Waals surface area contributed by atoms with Crippen LogP contribution in [0.15, 0.2) is 48.5 Å². The van der Waals surface area contributed by atoms with Gasteiger partial charge in [0.1, 0.15) is 5.75 Å². The summed E-state index contributed by atoms with van der Waals surface area (Å²) in [5, 5.41) is 20.2. The molecule has 0 fully saturated rings. The summed E-state index contributed by atoms with van der Waals surface area (Å²) in [6.07, 6.45) is 1.05. The zero-order valence-corrected chi connectivity index (χ0v) is 14.4. The summed E-state index contributed by atoms with van der Waals surface area (Å²) < 4.78 is 5.46. The van der Waals surface area contributed by atoms with Crippen molar-refractivity contribution in [3.8, 4) is 5.75 Å². The summed E-state index contributed by atoms with van der Waals surface area (Å²) in [6, 6.07) is 13.3. The summed E-state index contributed by atoms with van der Waals surface area (Å²) >= 11 is 0. The largest absolute Gasteiger partial charge is 0.494 e. The fraction of sp³-hybridized carbons (Fsp3) is 0.263. The predicted molar refractivity (Wildman–Crippen MR) is 96.8 cm³/mol. The summed E-state index contributed by atoms with van der Waals surface area (Å²) in [5.74, 6) is -1.31. The Bertz CT molecular complexity index is 653. The van der Waals surface area contributed by atoms with Crippen molar-refractivity contribution >= 4 is 17.6 Å². The van der Waals surface area contributed by atoms with Gasteiger partial charge in [0.05, 0.1) is 17.7 Å². The SMILES string of the molecule is CCCOc1ccc(NCC)cc1.O=C(O)c1cccc(C(=O)O)c1. The number of hydrogen-bond donors (Lipinski definition) is 3. The number of aromatic carboxylic acids is 2. The molecule has 0 aliphatic heterocycles. The maximum Gasteiger partial charge on any atom is 0.335 e. The van der Waals surface area contributed by atoms with E-state index < -0.39 is 11.9 Å². The third kappa shape index (κ3) is 7.39. The highest BCUT2D eigenvalue weighted by molar-refractivity contribution is 5.93. The molecular weight excluding hydrogens is 322 g/mol. The molecule has 0 bridgehead atoms. The van der Waals surface area contributed by atoms with Crippen LogP contribution in [0.5, 0.6) is 5.75 Å². The normalized spacial score (nSPS) is 9.52. The van der Waals surface area contributed by atoms with Crippen LogP contribution in [0.1, 0.15) is 41.0 Å². The van der Waals surface area contributed by atoms with Gasteiger partial charge in [0.2, 0.25) is 0 Å². The number of anilines is 1. The summed E-state index contributed by atoms with van der Waals surface area (Å²) in [6.45, 7) is 5.93. The van der Waals surface area contributed by atoms with Crippen LogP contribution in [0.25, 0.3) is 0 Å². The van der Waals surface area contributed by atoms with E-state index in [1.54, 1.807) is 0 Å². The zero-order valence-electron chi connectivity index (χ0n) is 14.4. The van der Waals surface area contributed by atoms with Crippen molar-refractivity contribution in [3.63, 3.8) is 0 Å². The van der Waals surface area contributed by atoms with E-state index in [9.17, 15) is 9.59 Å². The molecule has 2 aromatic rings. The average molecular weight is 345 g/mol. The maximum absolute atomic E-state index is 10.4. The van der Waals surface area contributed by atoms with Gasteiger partial charge in [0.25, 0.3) is 0 Å². The number of ether oxygens (including phenoxy) is 1. The lowest BCUT2D eigenvalue weighted by atomic mass is 10.1. The molecule has 6 nitrogen and oxygen atoms in total. The van der Waals surface area contributed by atoms with E-state index in [-0.39, 0.29) is 11.1 Å². The molecule has 0 amide bonds. The fourth-order valence-electron chi connectivity index (χ4n) is 1.88. The van der Waals surface area contributed by atoms with E-state index in [2.05, 4.69) is 19.2 Å². The van der Waals surface area contributed by atoms with Crippen LogP contribution in [0, 0.1) is 0 Å². The minimum atomic E-state index is -1.13. The summed E-state index contributed by atoms with van der Waals surface area (Å²) in [7, 11) is 0. The first-order valence-corrected chi connectivity index (χ1v) is 8.01. The quantitative estimate of drug-likeness (QED) is 0.702. The van der Waals surface area contributed by atoms with Gasteiger partial charge in [0, 0.05) is 12.2 Å². The van der Waals surface area contributed by atoms with E-state index in [0.29, 0.717) is 0 Å². The second kappa shape index (κ2) is 10.7.